The van der Waals surface area contributed by atoms with Gasteiger partial charge in [-0.25, -0.2) is 4.68 Å². The van der Waals surface area contributed by atoms with E-state index in [-0.39, 0.29) is 23.4 Å². The molecule has 1 aliphatic carbocycles. The molecule has 0 radical (unpaired) electrons. The van der Waals surface area contributed by atoms with Crippen LogP contribution in [0.2, 0.25) is 0 Å². The van der Waals surface area contributed by atoms with Gasteiger partial charge in [0.15, 0.2) is 0 Å². The van der Waals surface area contributed by atoms with E-state index in [0.717, 1.165) is 61.4 Å². The van der Waals surface area contributed by atoms with Crippen molar-refractivity contribution >= 4 is 17.7 Å². The molecular weight excluding hydrogens is 322 g/mol. The van der Waals surface area contributed by atoms with Gasteiger partial charge >= 0.3 is 0 Å². The summed E-state index contributed by atoms with van der Waals surface area (Å²) in [5.41, 5.74) is 2.12. The first-order valence-corrected chi connectivity index (χ1v) is 10.0. The minimum absolute atomic E-state index is 0.0296. The molecule has 1 amide bonds. The molecule has 0 N–H and O–H groups in total. The fourth-order valence-corrected chi connectivity index (χ4v) is 4.90. The van der Waals surface area contributed by atoms with Crippen molar-refractivity contribution < 1.29 is 4.79 Å². The third-order valence-electron chi connectivity index (χ3n) is 5.31. The van der Waals surface area contributed by atoms with Crippen LogP contribution < -0.4 is 5.56 Å². The molecule has 6 heteroatoms. The predicted octanol–water partition coefficient (Wildman–Crippen LogP) is 1.99. The second kappa shape index (κ2) is 6.75. The summed E-state index contributed by atoms with van der Waals surface area (Å²) in [4.78, 5) is 27.1. The number of allylic oxidation sites excluding steroid dienone is 2. The molecule has 1 aromatic heterocycles. The smallest absolute Gasteiger partial charge is 0.267 e. The zero-order valence-electron chi connectivity index (χ0n) is 13.8. The van der Waals surface area contributed by atoms with Gasteiger partial charge in [-0.3, -0.25) is 9.59 Å². The molecule has 3 heterocycles. The highest BCUT2D eigenvalue weighted by atomic mass is 32.2. The van der Waals surface area contributed by atoms with Crippen molar-refractivity contribution in [2.45, 2.75) is 50.4 Å². The highest BCUT2D eigenvalue weighted by Crippen LogP contribution is 2.27. The van der Waals surface area contributed by atoms with E-state index in [4.69, 9.17) is 0 Å². The Hall–Kier alpha value is -1.56. The molecule has 0 bridgehead atoms. The molecular formula is C18H23N3O2S. The number of hydrogen-bond donors (Lipinski definition) is 0. The Bertz CT molecular complexity index is 719. The van der Waals surface area contributed by atoms with Gasteiger partial charge in [-0.05, 0) is 37.0 Å². The number of hydrogen-bond acceptors (Lipinski definition) is 4. The number of likely N-dealkylation sites (tertiary alicyclic amines) is 1. The molecule has 1 atom stereocenters. The lowest BCUT2D eigenvalue weighted by Crippen LogP contribution is -2.43. The largest absolute Gasteiger partial charge is 0.338 e. The number of rotatable bonds is 3. The normalized spacial score (nSPS) is 23.7. The summed E-state index contributed by atoms with van der Waals surface area (Å²) in [7, 11) is 0. The van der Waals surface area contributed by atoms with Crippen LogP contribution in [0.25, 0.3) is 0 Å². The summed E-state index contributed by atoms with van der Waals surface area (Å²) in [6, 6.07) is 1.86. The quantitative estimate of drug-likeness (QED) is 0.786. The minimum atomic E-state index is -0.0296. The van der Waals surface area contributed by atoms with Crippen molar-refractivity contribution in [3.63, 3.8) is 0 Å². The second-order valence-electron chi connectivity index (χ2n) is 6.91. The van der Waals surface area contributed by atoms with Crippen LogP contribution in [0, 0.1) is 5.92 Å². The fourth-order valence-electron chi connectivity index (χ4n) is 3.95. The Kier molecular flexibility index (Phi) is 4.48. The zero-order chi connectivity index (χ0) is 16.5. The Balaban J connectivity index is 1.51. The zero-order valence-corrected chi connectivity index (χ0v) is 14.6. The van der Waals surface area contributed by atoms with Crippen molar-refractivity contribution in [2.24, 2.45) is 5.92 Å². The van der Waals surface area contributed by atoms with Gasteiger partial charge in [-0.2, -0.15) is 16.9 Å². The molecule has 0 spiro atoms. The minimum Gasteiger partial charge on any atom is -0.338 e. The van der Waals surface area contributed by atoms with Crippen LogP contribution >= 0.6 is 11.8 Å². The summed E-state index contributed by atoms with van der Waals surface area (Å²) in [5.74, 6) is 2.32. The van der Waals surface area contributed by atoms with E-state index in [1.807, 2.05) is 16.7 Å². The molecule has 1 fully saturated rings. The van der Waals surface area contributed by atoms with Crippen molar-refractivity contribution in [1.29, 1.82) is 0 Å². The van der Waals surface area contributed by atoms with E-state index in [2.05, 4.69) is 17.3 Å². The Morgan fingerprint density at radius 1 is 1.33 bits per heavy atom. The molecule has 1 saturated heterocycles. The fraction of sp³-hybridized carbons (Fsp3) is 0.611. The maximum absolute atomic E-state index is 12.7. The van der Waals surface area contributed by atoms with Gasteiger partial charge in [-0.1, -0.05) is 12.2 Å². The van der Waals surface area contributed by atoms with Crippen LogP contribution in [0.5, 0.6) is 0 Å². The first-order chi connectivity index (χ1) is 11.7. The maximum Gasteiger partial charge on any atom is 0.267 e. The lowest BCUT2D eigenvalue weighted by atomic mass is 10.1. The van der Waals surface area contributed by atoms with Crippen molar-refractivity contribution in [2.75, 3.05) is 12.3 Å². The predicted molar refractivity (Wildman–Crippen MR) is 95.0 cm³/mol. The lowest BCUT2D eigenvalue weighted by molar-refractivity contribution is -0.136. The number of aryl methyl sites for hydroxylation is 1. The molecule has 0 aromatic carbocycles. The first-order valence-electron chi connectivity index (χ1n) is 8.85. The van der Waals surface area contributed by atoms with Crippen molar-refractivity contribution in [1.82, 2.24) is 14.7 Å². The van der Waals surface area contributed by atoms with Gasteiger partial charge in [0.2, 0.25) is 5.91 Å². The van der Waals surface area contributed by atoms with Gasteiger partial charge in [0, 0.05) is 30.7 Å². The summed E-state index contributed by atoms with van der Waals surface area (Å²) < 4.78 is 1.60. The van der Waals surface area contributed by atoms with E-state index in [0.29, 0.717) is 6.54 Å². The average Bonchev–Trinajstić information content (AvgIpc) is 3.26. The van der Waals surface area contributed by atoms with E-state index < -0.39 is 0 Å². The molecule has 128 valence electrons. The molecule has 1 unspecified atom stereocenters. The molecule has 2 aliphatic heterocycles. The standard InChI is InChI=1S/C18H23N3O2S/c22-17-10-14-12-24-9-7-16(14)19-21(17)11-15-6-3-8-20(15)18(23)13-4-1-2-5-13/h1-2,10,13,15H,3-9,11-12H2. The van der Waals surface area contributed by atoms with Crippen LogP contribution in [0.1, 0.15) is 36.9 Å². The Labute approximate surface area is 146 Å². The van der Waals surface area contributed by atoms with E-state index in [9.17, 15) is 9.59 Å². The SMILES string of the molecule is O=C(C1CC=CC1)N1CCCC1Cn1nc2c(cc1=O)CSCC2. The summed E-state index contributed by atoms with van der Waals surface area (Å²) >= 11 is 1.86. The van der Waals surface area contributed by atoms with Crippen molar-refractivity contribution in [3.05, 3.63) is 39.8 Å². The number of carbonyl (C=O) groups is 1. The van der Waals surface area contributed by atoms with Gasteiger partial charge in [0.25, 0.3) is 5.56 Å². The monoisotopic (exact) mass is 345 g/mol. The van der Waals surface area contributed by atoms with E-state index >= 15 is 0 Å². The number of carbonyl (C=O) groups excluding carboxylic acids is 1. The van der Waals surface area contributed by atoms with E-state index in [1.165, 1.54) is 0 Å². The van der Waals surface area contributed by atoms with E-state index in [1.54, 1.807) is 10.7 Å². The molecule has 1 aromatic rings. The number of amides is 1. The summed E-state index contributed by atoms with van der Waals surface area (Å²) in [6.45, 7) is 1.35. The summed E-state index contributed by atoms with van der Waals surface area (Å²) in [5, 5.41) is 4.61. The van der Waals surface area contributed by atoms with Crippen LogP contribution in [-0.4, -0.2) is 38.9 Å². The third kappa shape index (κ3) is 3.04. The third-order valence-corrected chi connectivity index (χ3v) is 6.31. The van der Waals surface area contributed by atoms with Gasteiger partial charge in [-0.15, -0.1) is 0 Å². The number of thioether (sulfide) groups is 1. The molecule has 0 saturated carbocycles. The van der Waals surface area contributed by atoms with Gasteiger partial charge in [0.05, 0.1) is 18.3 Å². The van der Waals surface area contributed by atoms with Gasteiger partial charge < -0.3 is 4.90 Å². The second-order valence-corrected chi connectivity index (χ2v) is 8.01. The highest BCUT2D eigenvalue weighted by Gasteiger charge is 2.33. The van der Waals surface area contributed by atoms with Crippen molar-refractivity contribution in [3.8, 4) is 0 Å². The summed E-state index contributed by atoms with van der Waals surface area (Å²) in [6.07, 6.45) is 8.83. The van der Waals surface area contributed by atoms with Crippen LogP contribution in [0.3, 0.4) is 0 Å². The maximum atomic E-state index is 12.7. The number of aromatic nitrogens is 2. The first kappa shape index (κ1) is 15.9. The van der Waals surface area contributed by atoms with Crippen LogP contribution in [0.15, 0.2) is 23.0 Å². The average molecular weight is 345 g/mol. The lowest BCUT2D eigenvalue weighted by Gasteiger charge is -2.28. The Morgan fingerprint density at radius 3 is 3.00 bits per heavy atom. The molecule has 5 nitrogen and oxygen atoms in total. The van der Waals surface area contributed by atoms with Gasteiger partial charge in [0.1, 0.15) is 0 Å². The van der Waals surface area contributed by atoms with Crippen LogP contribution in [-0.2, 0) is 23.5 Å². The topological polar surface area (TPSA) is 55.2 Å². The number of fused-ring (bicyclic) bond motifs is 1. The molecule has 24 heavy (non-hydrogen) atoms. The van der Waals surface area contributed by atoms with Crippen LogP contribution in [0.4, 0.5) is 0 Å². The Morgan fingerprint density at radius 2 is 2.17 bits per heavy atom. The number of nitrogens with zero attached hydrogens (tertiary/aromatic N) is 3. The highest BCUT2D eigenvalue weighted by molar-refractivity contribution is 7.98. The molecule has 3 aliphatic rings. The molecule has 4 rings (SSSR count).